The van der Waals surface area contributed by atoms with Crippen LogP contribution in [0.15, 0.2) is 35.2 Å². The van der Waals surface area contributed by atoms with Gasteiger partial charge in [-0.05, 0) is 12.1 Å². The highest BCUT2D eigenvalue weighted by atomic mass is 32.2. The summed E-state index contributed by atoms with van der Waals surface area (Å²) in [6.07, 6.45) is -4.69. The summed E-state index contributed by atoms with van der Waals surface area (Å²) in [4.78, 5) is 0.877. The Hall–Kier alpha value is -0.630. The molecular formula is C12H16O5S. The molecular weight excluding hydrogens is 256 g/mol. The number of hydrogen-bond acceptors (Lipinski definition) is 6. The lowest BCUT2D eigenvalue weighted by atomic mass is 10.0. The lowest BCUT2D eigenvalue weighted by Gasteiger charge is -2.39. The molecule has 1 aromatic rings. The summed E-state index contributed by atoms with van der Waals surface area (Å²) in [5, 5.41) is 38.2. The van der Waals surface area contributed by atoms with Crippen LogP contribution in [0.1, 0.15) is 0 Å². The Morgan fingerprint density at radius 1 is 1.00 bits per heavy atom. The van der Waals surface area contributed by atoms with Gasteiger partial charge in [0.05, 0.1) is 6.61 Å². The summed E-state index contributed by atoms with van der Waals surface area (Å²) in [5.41, 5.74) is -0.719. The summed E-state index contributed by atoms with van der Waals surface area (Å²) in [7, 11) is 0. The van der Waals surface area contributed by atoms with Gasteiger partial charge in [-0.15, -0.1) is 0 Å². The zero-order valence-corrected chi connectivity index (χ0v) is 10.4. The average Bonchev–Trinajstić information content (AvgIpc) is 2.40. The van der Waals surface area contributed by atoms with E-state index in [1.165, 1.54) is 11.8 Å². The van der Waals surface area contributed by atoms with Crippen molar-refractivity contribution in [2.24, 2.45) is 0 Å². The molecule has 4 N–H and O–H groups in total. The minimum atomic E-state index is -1.32. The van der Waals surface area contributed by atoms with Crippen LogP contribution in [0.3, 0.4) is 0 Å². The molecule has 0 spiro atoms. The van der Waals surface area contributed by atoms with E-state index < -0.39 is 36.5 Å². The number of ether oxygens (including phenoxy) is 1. The van der Waals surface area contributed by atoms with Crippen LogP contribution in [0.25, 0.3) is 0 Å². The van der Waals surface area contributed by atoms with E-state index in [0.29, 0.717) is 0 Å². The zero-order valence-electron chi connectivity index (χ0n) is 9.59. The Kier molecular flexibility index (Phi) is 4.60. The average molecular weight is 272 g/mol. The summed E-state index contributed by atoms with van der Waals surface area (Å²) in [5.74, 6) is 0. The van der Waals surface area contributed by atoms with E-state index in [1.807, 2.05) is 30.3 Å². The van der Waals surface area contributed by atoms with Gasteiger partial charge in [0.2, 0.25) is 0 Å². The molecule has 18 heavy (non-hydrogen) atoms. The molecule has 1 fully saturated rings. The van der Waals surface area contributed by atoms with E-state index in [4.69, 9.17) is 9.84 Å². The molecule has 2 rings (SSSR count). The summed E-state index contributed by atoms with van der Waals surface area (Å²) >= 11 is 1.24. The molecule has 100 valence electrons. The topological polar surface area (TPSA) is 90.2 Å². The molecule has 5 nitrogen and oxygen atoms in total. The molecule has 1 saturated heterocycles. The molecule has 1 aliphatic heterocycles. The van der Waals surface area contributed by atoms with Crippen molar-refractivity contribution in [1.82, 2.24) is 0 Å². The molecule has 0 aliphatic carbocycles. The van der Waals surface area contributed by atoms with E-state index in [9.17, 15) is 15.3 Å². The molecule has 5 atom stereocenters. The standard InChI is InChI=1S/C12H16O5S/c13-6-8-9(14)10(15)11(16)12(17-8)18-7-4-2-1-3-5-7/h1-5,8-16H,6H2/t8-,9+,10-,11-,12+/m0/s1. The highest BCUT2D eigenvalue weighted by molar-refractivity contribution is 7.99. The van der Waals surface area contributed by atoms with Crippen LogP contribution in [-0.4, -0.2) is 56.9 Å². The van der Waals surface area contributed by atoms with E-state index in [2.05, 4.69) is 0 Å². The third-order valence-corrected chi connectivity index (χ3v) is 4.01. The van der Waals surface area contributed by atoms with Crippen LogP contribution in [0.5, 0.6) is 0 Å². The maximum absolute atomic E-state index is 9.85. The number of aliphatic hydroxyl groups is 4. The first-order valence-electron chi connectivity index (χ1n) is 5.65. The second-order valence-electron chi connectivity index (χ2n) is 4.13. The van der Waals surface area contributed by atoms with Crippen LogP contribution < -0.4 is 0 Å². The summed E-state index contributed by atoms with van der Waals surface area (Å²) in [6, 6.07) is 9.29. The minimum absolute atomic E-state index is 0.406. The number of benzene rings is 1. The van der Waals surface area contributed by atoms with Crippen molar-refractivity contribution in [1.29, 1.82) is 0 Å². The van der Waals surface area contributed by atoms with Gasteiger partial charge in [0, 0.05) is 4.90 Å². The highest BCUT2D eigenvalue weighted by Crippen LogP contribution is 2.32. The molecule has 0 aromatic heterocycles. The first kappa shape index (κ1) is 13.8. The number of thioether (sulfide) groups is 1. The van der Waals surface area contributed by atoms with Gasteiger partial charge in [-0.1, -0.05) is 30.0 Å². The quantitative estimate of drug-likeness (QED) is 0.597. The first-order valence-corrected chi connectivity index (χ1v) is 6.53. The third-order valence-electron chi connectivity index (χ3n) is 2.84. The van der Waals surface area contributed by atoms with Crippen LogP contribution in [-0.2, 0) is 4.74 Å². The molecule has 0 radical (unpaired) electrons. The largest absolute Gasteiger partial charge is 0.394 e. The maximum Gasteiger partial charge on any atom is 0.136 e. The zero-order chi connectivity index (χ0) is 13.1. The fourth-order valence-corrected chi connectivity index (χ4v) is 2.88. The Labute approximate surface area is 109 Å². The van der Waals surface area contributed by atoms with E-state index in [-0.39, 0.29) is 0 Å². The van der Waals surface area contributed by atoms with Crippen LogP contribution in [0.4, 0.5) is 0 Å². The van der Waals surface area contributed by atoms with Crippen molar-refractivity contribution in [3.05, 3.63) is 30.3 Å². The number of rotatable bonds is 3. The molecule has 0 bridgehead atoms. The second-order valence-corrected chi connectivity index (χ2v) is 5.30. The van der Waals surface area contributed by atoms with Gasteiger partial charge in [-0.25, -0.2) is 0 Å². The van der Waals surface area contributed by atoms with E-state index >= 15 is 0 Å². The molecule has 0 amide bonds. The fourth-order valence-electron chi connectivity index (χ4n) is 1.80. The van der Waals surface area contributed by atoms with Crippen molar-refractivity contribution in [2.45, 2.75) is 34.7 Å². The van der Waals surface area contributed by atoms with Crippen molar-refractivity contribution in [3.8, 4) is 0 Å². The fraction of sp³-hybridized carbons (Fsp3) is 0.500. The van der Waals surface area contributed by atoms with Gasteiger partial charge < -0.3 is 25.2 Å². The van der Waals surface area contributed by atoms with Gasteiger partial charge >= 0.3 is 0 Å². The highest BCUT2D eigenvalue weighted by Gasteiger charge is 2.43. The van der Waals surface area contributed by atoms with Crippen molar-refractivity contribution < 1.29 is 25.2 Å². The normalized spacial score (nSPS) is 36.6. The molecule has 0 saturated carbocycles. The second kappa shape index (κ2) is 6.01. The van der Waals surface area contributed by atoms with Crippen LogP contribution in [0.2, 0.25) is 0 Å². The molecule has 1 aliphatic rings. The molecule has 1 heterocycles. The van der Waals surface area contributed by atoms with Gasteiger partial charge in [0.1, 0.15) is 29.9 Å². The van der Waals surface area contributed by atoms with Crippen LogP contribution in [0, 0.1) is 0 Å². The monoisotopic (exact) mass is 272 g/mol. The van der Waals surface area contributed by atoms with E-state index in [1.54, 1.807) is 0 Å². The van der Waals surface area contributed by atoms with Crippen molar-refractivity contribution in [2.75, 3.05) is 6.61 Å². The summed E-state index contributed by atoms with van der Waals surface area (Å²) in [6.45, 7) is -0.406. The first-order chi connectivity index (χ1) is 8.63. The molecule has 1 aromatic carbocycles. The SMILES string of the molecule is OC[C@@H]1O[C@H](Sc2ccccc2)[C@@H](O)[C@@H](O)[C@@H]1O. The summed E-state index contributed by atoms with van der Waals surface area (Å²) < 4.78 is 5.39. The Balaban J connectivity index is 2.08. The van der Waals surface area contributed by atoms with Gasteiger partial charge in [0.15, 0.2) is 0 Å². The smallest absolute Gasteiger partial charge is 0.136 e. The predicted molar refractivity (Wildman–Crippen MR) is 66.1 cm³/mol. The Bertz CT molecular complexity index is 372. The van der Waals surface area contributed by atoms with Crippen molar-refractivity contribution >= 4 is 11.8 Å². The van der Waals surface area contributed by atoms with Gasteiger partial charge in [-0.3, -0.25) is 0 Å². The number of aliphatic hydroxyl groups excluding tert-OH is 4. The predicted octanol–water partition coefficient (Wildman–Crippen LogP) is -0.421. The number of hydrogen-bond donors (Lipinski definition) is 4. The van der Waals surface area contributed by atoms with E-state index in [0.717, 1.165) is 4.90 Å². The minimum Gasteiger partial charge on any atom is -0.394 e. The third kappa shape index (κ3) is 2.85. The van der Waals surface area contributed by atoms with Crippen LogP contribution >= 0.6 is 11.8 Å². The lowest BCUT2D eigenvalue weighted by molar-refractivity contribution is -0.205. The van der Waals surface area contributed by atoms with Gasteiger partial charge in [-0.2, -0.15) is 0 Å². The Morgan fingerprint density at radius 3 is 2.28 bits per heavy atom. The Morgan fingerprint density at radius 2 is 1.67 bits per heavy atom. The van der Waals surface area contributed by atoms with Crippen molar-refractivity contribution in [3.63, 3.8) is 0 Å². The lowest BCUT2D eigenvalue weighted by Crippen LogP contribution is -2.57. The van der Waals surface area contributed by atoms with Gasteiger partial charge in [0.25, 0.3) is 0 Å². The molecule has 6 heteroatoms. The molecule has 0 unspecified atom stereocenters. The maximum atomic E-state index is 9.85.